The Kier molecular flexibility index (Phi) is 9.57. The molecule has 3 heterocycles. The second-order valence-corrected chi connectivity index (χ2v) is 8.57. The number of hydrogen-bond acceptors (Lipinski definition) is 15. The van der Waals surface area contributed by atoms with Crippen LogP contribution >= 0.6 is 0 Å². The van der Waals surface area contributed by atoms with Gasteiger partial charge in [0.05, 0.1) is 19.3 Å². The molecule has 0 aromatic heterocycles. The Labute approximate surface area is 194 Å². The summed E-state index contributed by atoms with van der Waals surface area (Å²) in [5.41, 5.74) is 0. The average molecular weight is 502 g/mol. The summed E-state index contributed by atoms with van der Waals surface area (Å²) in [6.45, 7) is 0.286. The third kappa shape index (κ3) is 5.54. The van der Waals surface area contributed by atoms with E-state index < -0.39 is 105 Å². The van der Waals surface area contributed by atoms with E-state index in [-0.39, 0.29) is 0 Å². The molecule has 0 saturated carbocycles. The molecular weight excluding hydrogens is 468 g/mol. The van der Waals surface area contributed by atoms with Crippen molar-refractivity contribution in [2.24, 2.45) is 0 Å². The lowest BCUT2D eigenvalue weighted by atomic mass is 9.97. The van der Waals surface area contributed by atoms with Crippen LogP contribution in [0.25, 0.3) is 0 Å². The van der Waals surface area contributed by atoms with E-state index in [1.807, 2.05) is 0 Å². The van der Waals surface area contributed by atoms with E-state index in [0.717, 1.165) is 0 Å². The molecule has 15 nitrogen and oxygen atoms in total. The Hall–Kier alpha value is -0.600. The molecule has 0 aliphatic carbocycles. The van der Waals surface area contributed by atoms with Crippen molar-refractivity contribution in [3.05, 3.63) is 0 Å². The summed E-state index contributed by atoms with van der Waals surface area (Å²) < 4.78 is 32.1. The quantitative estimate of drug-likeness (QED) is 0.157. The average Bonchev–Trinajstić information content (AvgIpc) is 2.82. The van der Waals surface area contributed by atoms with Crippen LogP contribution < -0.4 is 0 Å². The van der Waals surface area contributed by atoms with Crippen LogP contribution in [0.2, 0.25) is 0 Å². The van der Waals surface area contributed by atoms with E-state index in [1.165, 1.54) is 14.0 Å². The van der Waals surface area contributed by atoms with Crippen molar-refractivity contribution < 1.29 is 74.4 Å². The molecule has 3 aliphatic rings. The molecule has 0 unspecified atom stereocenters. The molecule has 0 bridgehead atoms. The molecule has 34 heavy (non-hydrogen) atoms. The van der Waals surface area contributed by atoms with Crippen LogP contribution in [0.4, 0.5) is 0 Å². The molecule has 15 atom stereocenters. The minimum atomic E-state index is -1.70. The van der Waals surface area contributed by atoms with E-state index in [9.17, 15) is 46.0 Å². The SMILES string of the molecule is CO[C@H]1O[C@H](CO[C@H]2O[C@H](CO)[C@@H](O)[C@H](O)[C@@H]2O)[C@@H](O)[C@H](O[C@H]2O[C@H](C)[C@@H](O)[C@H](O)[C@@H]2O)[C@@H]1O. The molecule has 3 saturated heterocycles. The number of hydrogen-bond donors (Lipinski definition) is 9. The highest BCUT2D eigenvalue weighted by molar-refractivity contribution is 4.94. The van der Waals surface area contributed by atoms with Crippen molar-refractivity contribution in [1.29, 1.82) is 0 Å². The highest BCUT2D eigenvalue weighted by Crippen LogP contribution is 2.30. The van der Waals surface area contributed by atoms with Gasteiger partial charge in [-0.3, -0.25) is 0 Å². The summed E-state index contributed by atoms with van der Waals surface area (Å²) in [5, 5.41) is 90.4. The van der Waals surface area contributed by atoms with Gasteiger partial charge < -0.3 is 74.4 Å². The van der Waals surface area contributed by atoms with Gasteiger partial charge >= 0.3 is 0 Å². The van der Waals surface area contributed by atoms with Gasteiger partial charge in [-0.2, -0.15) is 0 Å². The Morgan fingerprint density at radius 2 is 1.21 bits per heavy atom. The van der Waals surface area contributed by atoms with Crippen molar-refractivity contribution in [1.82, 2.24) is 0 Å². The highest BCUT2D eigenvalue weighted by Gasteiger charge is 2.51. The van der Waals surface area contributed by atoms with Gasteiger partial charge in [0.2, 0.25) is 0 Å². The van der Waals surface area contributed by atoms with Crippen molar-refractivity contribution in [2.75, 3.05) is 20.3 Å². The monoisotopic (exact) mass is 502 g/mol. The summed E-state index contributed by atoms with van der Waals surface area (Å²) in [4.78, 5) is 0. The van der Waals surface area contributed by atoms with E-state index in [1.54, 1.807) is 0 Å². The Balaban J connectivity index is 1.68. The summed E-state index contributed by atoms with van der Waals surface area (Å²) in [6.07, 6.45) is -22.0. The molecule has 15 heteroatoms. The first kappa shape index (κ1) is 28.0. The van der Waals surface area contributed by atoms with Crippen LogP contribution in [0, 0.1) is 0 Å². The number of rotatable bonds is 7. The number of ether oxygens (including phenoxy) is 6. The van der Waals surface area contributed by atoms with E-state index in [0.29, 0.717) is 0 Å². The number of aliphatic hydroxyl groups excluding tert-OH is 9. The summed E-state index contributed by atoms with van der Waals surface area (Å²) in [5.74, 6) is 0. The maximum absolute atomic E-state index is 10.8. The Bertz CT molecular complexity index is 639. The maximum atomic E-state index is 10.8. The van der Waals surface area contributed by atoms with Crippen molar-refractivity contribution in [2.45, 2.75) is 99.0 Å². The smallest absolute Gasteiger partial charge is 0.187 e. The van der Waals surface area contributed by atoms with E-state index >= 15 is 0 Å². The molecule has 3 fully saturated rings. The first-order valence-corrected chi connectivity index (χ1v) is 10.8. The zero-order chi connectivity index (χ0) is 25.3. The summed E-state index contributed by atoms with van der Waals surface area (Å²) in [7, 11) is 1.21. The minimum absolute atomic E-state index is 0.484. The van der Waals surface area contributed by atoms with E-state index in [2.05, 4.69) is 0 Å². The lowest BCUT2D eigenvalue weighted by molar-refractivity contribution is -0.361. The van der Waals surface area contributed by atoms with Gasteiger partial charge in [-0.05, 0) is 6.92 Å². The largest absolute Gasteiger partial charge is 0.394 e. The fourth-order valence-corrected chi connectivity index (χ4v) is 4.07. The lowest BCUT2D eigenvalue weighted by Crippen LogP contribution is -2.64. The van der Waals surface area contributed by atoms with Crippen LogP contribution in [0.1, 0.15) is 6.92 Å². The molecule has 9 N–H and O–H groups in total. The van der Waals surface area contributed by atoms with Crippen molar-refractivity contribution in [3.8, 4) is 0 Å². The van der Waals surface area contributed by atoms with Gasteiger partial charge in [0, 0.05) is 7.11 Å². The minimum Gasteiger partial charge on any atom is -0.394 e. The maximum Gasteiger partial charge on any atom is 0.187 e. The molecule has 0 amide bonds. The molecule has 0 radical (unpaired) electrons. The fraction of sp³-hybridized carbons (Fsp3) is 1.00. The highest BCUT2D eigenvalue weighted by atomic mass is 16.7. The normalized spacial score (nSPS) is 52.5. The molecule has 0 spiro atoms. The van der Waals surface area contributed by atoms with E-state index in [4.69, 9.17) is 28.4 Å². The topological polar surface area (TPSA) is 237 Å². The summed E-state index contributed by atoms with van der Waals surface area (Å²) >= 11 is 0. The molecule has 3 aliphatic heterocycles. The number of aliphatic hydroxyl groups is 9. The van der Waals surface area contributed by atoms with Crippen LogP contribution in [-0.2, 0) is 28.4 Å². The first-order chi connectivity index (χ1) is 16.0. The predicted octanol–water partition coefficient (Wildman–Crippen LogP) is -5.89. The molecule has 0 aromatic carbocycles. The number of methoxy groups -OCH3 is 1. The van der Waals surface area contributed by atoms with Crippen molar-refractivity contribution >= 4 is 0 Å². The zero-order valence-corrected chi connectivity index (χ0v) is 18.5. The molecule has 0 aromatic rings. The van der Waals surface area contributed by atoms with Crippen LogP contribution in [0.3, 0.4) is 0 Å². The Morgan fingerprint density at radius 1 is 0.618 bits per heavy atom. The first-order valence-electron chi connectivity index (χ1n) is 10.8. The summed E-state index contributed by atoms with van der Waals surface area (Å²) in [6, 6.07) is 0. The van der Waals surface area contributed by atoms with Crippen LogP contribution in [0.5, 0.6) is 0 Å². The standard InChI is InChI=1S/C19H34O15/c1-5-8(21)11(24)14(27)19(31-5)34-16-10(23)7(33-17(29-2)15(16)28)4-30-18-13(26)12(25)9(22)6(3-20)32-18/h5-28H,3-4H2,1-2H3/t5-,6-,7-,8-,9-,10-,11+,12+,13+,14+,15+,16+,17+,18+,19-/m1/s1. The molecular formula is C19H34O15. The lowest BCUT2D eigenvalue weighted by Gasteiger charge is -2.46. The van der Waals surface area contributed by atoms with Gasteiger partial charge in [-0.15, -0.1) is 0 Å². The fourth-order valence-electron chi connectivity index (χ4n) is 4.07. The zero-order valence-electron chi connectivity index (χ0n) is 18.5. The molecule has 3 rings (SSSR count). The third-order valence-corrected chi connectivity index (χ3v) is 6.25. The molecule has 200 valence electrons. The van der Waals surface area contributed by atoms with Gasteiger partial charge in [0.25, 0.3) is 0 Å². The Morgan fingerprint density at radius 3 is 1.82 bits per heavy atom. The second-order valence-electron chi connectivity index (χ2n) is 8.57. The van der Waals surface area contributed by atoms with Gasteiger partial charge in [-0.25, -0.2) is 0 Å². The third-order valence-electron chi connectivity index (χ3n) is 6.25. The van der Waals surface area contributed by atoms with Crippen LogP contribution in [0.15, 0.2) is 0 Å². The van der Waals surface area contributed by atoms with Gasteiger partial charge in [0.1, 0.15) is 67.1 Å². The van der Waals surface area contributed by atoms with Gasteiger partial charge in [0.15, 0.2) is 18.9 Å². The predicted molar refractivity (Wildman–Crippen MR) is 105 cm³/mol. The van der Waals surface area contributed by atoms with Gasteiger partial charge in [-0.1, -0.05) is 0 Å². The van der Waals surface area contributed by atoms with Crippen LogP contribution in [-0.4, -0.2) is 158 Å². The second kappa shape index (κ2) is 11.6. The van der Waals surface area contributed by atoms with Crippen molar-refractivity contribution in [3.63, 3.8) is 0 Å².